The zero-order valence-corrected chi connectivity index (χ0v) is 9.78. The second-order valence-corrected chi connectivity index (χ2v) is 3.82. The lowest BCUT2D eigenvalue weighted by Crippen LogP contribution is -1.85. The molecule has 0 fully saturated rings. The highest BCUT2D eigenvalue weighted by molar-refractivity contribution is 5.47. The molecule has 0 saturated carbocycles. The van der Waals surface area contributed by atoms with Crippen LogP contribution in [-0.2, 0) is 0 Å². The third kappa shape index (κ3) is 2.98. The van der Waals surface area contributed by atoms with Crippen molar-refractivity contribution in [3.8, 4) is 0 Å². The van der Waals surface area contributed by atoms with Gasteiger partial charge in [0.1, 0.15) is 0 Å². The van der Waals surface area contributed by atoms with Gasteiger partial charge in [-0.1, -0.05) is 18.2 Å². The zero-order valence-electron chi connectivity index (χ0n) is 9.78. The van der Waals surface area contributed by atoms with Gasteiger partial charge in [0.05, 0.1) is 16.3 Å². The van der Waals surface area contributed by atoms with Crippen LogP contribution in [0.25, 0.3) is 0 Å². The van der Waals surface area contributed by atoms with Crippen molar-refractivity contribution in [2.45, 2.75) is 6.92 Å². The van der Waals surface area contributed by atoms with Crippen molar-refractivity contribution in [1.29, 1.82) is 0 Å². The van der Waals surface area contributed by atoms with Crippen molar-refractivity contribution in [3.63, 3.8) is 0 Å². The van der Waals surface area contributed by atoms with Gasteiger partial charge in [-0.05, 0) is 30.7 Å². The molecule has 0 radical (unpaired) electrons. The van der Waals surface area contributed by atoms with Gasteiger partial charge in [0.2, 0.25) is 0 Å². The molecule has 90 valence electrons. The lowest BCUT2D eigenvalue weighted by atomic mass is 10.2. The van der Waals surface area contributed by atoms with Crippen molar-refractivity contribution in [3.05, 3.63) is 64.2 Å². The SMILES string of the molecule is Cc1cccc(N=Nc2cccc([N+](=O)[O-])c2)c1. The monoisotopic (exact) mass is 241 g/mol. The number of hydrogen-bond acceptors (Lipinski definition) is 4. The van der Waals surface area contributed by atoms with Crippen LogP contribution in [0.4, 0.5) is 17.1 Å². The maximum Gasteiger partial charge on any atom is 0.271 e. The highest BCUT2D eigenvalue weighted by Crippen LogP contribution is 2.22. The number of nitro benzene ring substituents is 1. The molecule has 0 saturated heterocycles. The van der Waals surface area contributed by atoms with E-state index >= 15 is 0 Å². The summed E-state index contributed by atoms with van der Waals surface area (Å²) in [5.41, 5.74) is 2.29. The minimum Gasteiger partial charge on any atom is -0.258 e. The normalized spacial score (nSPS) is 10.7. The Hall–Kier alpha value is -2.56. The van der Waals surface area contributed by atoms with E-state index in [4.69, 9.17) is 0 Å². The van der Waals surface area contributed by atoms with Gasteiger partial charge in [-0.2, -0.15) is 10.2 Å². The zero-order chi connectivity index (χ0) is 13.0. The van der Waals surface area contributed by atoms with Gasteiger partial charge >= 0.3 is 0 Å². The number of benzene rings is 2. The summed E-state index contributed by atoms with van der Waals surface area (Å²) in [6.07, 6.45) is 0. The Kier molecular flexibility index (Phi) is 3.43. The number of rotatable bonds is 3. The van der Waals surface area contributed by atoms with Crippen LogP contribution < -0.4 is 0 Å². The van der Waals surface area contributed by atoms with Crippen LogP contribution in [0.1, 0.15) is 5.56 Å². The van der Waals surface area contributed by atoms with Gasteiger partial charge in [-0.15, -0.1) is 0 Å². The molecule has 0 atom stereocenters. The van der Waals surface area contributed by atoms with Crippen LogP contribution in [0.15, 0.2) is 58.8 Å². The molecular weight excluding hydrogens is 230 g/mol. The van der Waals surface area contributed by atoms with Crippen molar-refractivity contribution in [2.75, 3.05) is 0 Å². The van der Waals surface area contributed by atoms with E-state index in [1.54, 1.807) is 12.1 Å². The van der Waals surface area contributed by atoms with E-state index in [0.29, 0.717) is 5.69 Å². The molecule has 0 aromatic heterocycles. The quantitative estimate of drug-likeness (QED) is 0.456. The molecule has 5 nitrogen and oxygen atoms in total. The number of azo groups is 1. The van der Waals surface area contributed by atoms with E-state index in [-0.39, 0.29) is 5.69 Å². The van der Waals surface area contributed by atoms with E-state index in [2.05, 4.69) is 10.2 Å². The summed E-state index contributed by atoms with van der Waals surface area (Å²) in [6, 6.07) is 13.6. The first-order chi connectivity index (χ1) is 8.65. The Labute approximate surface area is 104 Å². The maximum absolute atomic E-state index is 10.6. The fourth-order valence-corrected chi connectivity index (χ4v) is 1.47. The van der Waals surface area contributed by atoms with Crippen LogP contribution >= 0.6 is 0 Å². The average Bonchev–Trinajstić information content (AvgIpc) is 2.37. The van der Waals surface area contributed by atoms with Gasteiger partial charge in [0.15, 0.2) is 0 Å². The lowest BCUT2D eigenvalue weighted by molar-refractivity contribution is -0.384. The second-order valence-electron chi connectivity index (χ2n) is 3.82. The fourth-order valence-electron chi connectivity index (χ4n) is 1.47. The van der Waals surface area contributed by atoms with Crippen LogP contribution in [0.3, 0.4) is 0 Å². The predicted octanol–water partition coefficient (Wildman–Crippen LogP) is 4.32. The Morgan fingerprint density at radius 2 is 1.61 bits per heavy atom. The summed E-state index contributed by atoms with van der Waals surface area (Å²) in [6.45, 7) is 1.96. The summed E-state index contributed by atoms with van der Waals surface area (Å²) in [4.78, 5) is 10.2. The Bertz CT molecular complexity index is 609. The van der Waals surface area contributed by atoms with Gasteiger partial charge in [-0.25, -0.2) is 0 Å². The molecule has 18 heavy (non-hydrogen) atoms. The number of hydrogen-bond donors (Lipinski definition) is 0. The van der Waals surface area contributed by atoms with Gasteiger partial charge in [-0.3, -0.25) is 10.1 Å². The van der Waals surface area contributed by atoms with Crippen molar-refractivity contribution >= 4 is 17.1 Å². The van der Waals surface area contributed by atoms with Crippen LogP contribution in [0.2, 0.25) is 0 Å². The highest BCUT2D eigenvalue weighted by Gasteiger charge is 2.04. The molecule has 0 aliphatic carbocycles. The molecule has 0 N–H and O–H groups in total. The van der Waals surface area contributed by atoms with Crippen molar-refractivity contribution in [1.82, 2.24) is 0 Å². The maximum atomic E-state index is 10.6. The first-order valence-corrected chi connectivity index (χ1v) is 5.38. The summed E-state index contributed by atoms with van der Waals surface area (Å²) < 4.78 is 0. The number of nitrogens with zero attached hydrogens (tertiary/aromatic N) is 3. The smallest absolute Gasteiger partial charge is 0.258 e. The first kappa shape index (κ1) is 11.9. The summed E-state index contributed by atoms with van der Waals surface area (Å²) in [5.74, 6) is 0. The number of aryl methyl sites for hydroxylation is 1. The second kappa shape index (κ2) is 5.18. The van der Waals surface area contributed by atoms with E-state index in [1.165, 1.54) is 12.1 Å². The summed E-state index contributed by atoms with van der Waals surface area (Å²) in [5, 5.41) is 18.6. The summed E-state index contributed by atoms with van der Waals surface area (Å²) >= 11 is 0. The minimum atomic E-state index is -0.453. The Morgan fingerprint density at radius 3 is 2.22 bits per heavy atom. The lowest BCUT2D eigenvalue weighted by Gasteiger charge is -1.95. The molecule has 2 aromatic rings. The standard InChI is InChI=1S/C13H11N3O2/c1-10-4-2-5-11(8-10)14-15-12-6-3-7-13(9-12)16(17)18/h2-9H,1H3. The van der Waals surface area contributed by atoms with Crippen LogP contribution in [-0.4, -0.2) is 4.92 Å². The topological polar surface area (TPSA) is 67.9 Å². The molecule has 0 bridgehead atoms. The van der Waals surface area contributed by atoms with Crippen LogP contribution in [0, 0.1) is 17.0 Å². The number of nitro groups is 1. The van der Waals surface area contributed by atoms with E-state index in [1.807, 2.05) is 31.2 Å². The molecule has 5 heteroatoms. The molecule has 0 unspecified atom stereocenters. The van der Waals surface area contributed by atoms with Gasteiger partial charge in [0.25, 0.3) is 5.69 Å². The molecule has 0 aliphatic heterocycles. The van der Waals surface area contributed by atoms with Gasteiger partial charge in [0, 0.05) is 12.1 Å². The van der Waals surface area contributed by atoms with Crippen molar-refractivity contribution < 1.29 is 4.92 Å². The fraction of sp³-hybridized carbons (Fsp3) is 0.0769. The molecule has 0 heterocycles. The van der Waals surface area contributed by atoms with E-state index in [0.717, 1.165) is 11.3 Å². The van der Waals surface area contributed by atoms with Crippen molar-refractivity contribution in [2.24, 2.45) is 10.2 Å². The molecular formula is C13H11N3O2. The Morgan fingerprint density at radius 1 is 1.00 bits per heavy atom. The average molecular weight is 241 g/mol. The molecule has 2 aromatic carbocycles. The number of non-ortho nitro benzene ring substituents is 1. The van der Waals surface area contributed by atoms with Crippen LogP contribution in [0.5, 0.6) is 0 Å². The molecule has 0 spiro atoms. The first-order valence-electron chi connectivity index (χ1n) is 5.38. The third-order valence-corrected chi connectivity index (χ3v) is 2.32. The largest absolute Gasteiger partial charge is 0.271 e. The molecule has 0 aliphatic rings. The predicted molar refractivity (Wildman–Crippen MR) is 68.5 cm³/mol. The third-order valence-electron chi connectivity index (χ3n) is 2.32. The summed E-state index contributed by atoms with van der Waals surface area (Å²) in [7, 11) is 0. The minimum absolute atomic E-state index is 0.00990. The molecule has 0 amide bonds. The van der Waals surface area contributed by atoms with Gasteiger partial charge < -0.3 is 0 Å². The van der Waals surface area contributed by atoms with E-state index < -0.39 is 4.92 Å². The van der Waals surface area contributed by atoms with E-state index in [9.17, 15) is 10.1 Å². The molecule has 2 rings (SSSR count). The Balaban J connectivity index is 2.23. The highest BCUT2D eigenvalue weighted by atomic mass is 16.6.